The summed E-state index contributed by atoms with van der Waals surface area (Å²) in [6.45, 7) is 4.74. The number of phosphoric ester groups is 1. The van der Waals surface area contributed by atoms with Crippen molar-refractivity contribution in [2.24, 2.45) is 0 Å². The van der Waals surface area contributed by atoms with Crippen molar-refractivity contribution >= 4 is 13.7 Å². The van der Waals surface area contributed by atoms with Crippen molar-refractivity contribution in [1.29, 1.82) is 0 Å². The fraction of sp³-hybridized carbons (Fsp3) is 0.896. The molecule has 9 heteroatoms. The number of hydrogen-bond acceptors (Lipinski definition) is 6. The second kappa shape index (κ2) is 58.4. The van der Waals surface area contributed by atoms with Gasteiger partial charge in [-0.15, -0.1) is 0 Å². The second-order valence-corrected chi connectivity index (χ2v) is 25.6. The third-order valence-corrected chi connectivity index (χ3v) is 16.3. The number of quaternary nitrogens is 1. The summed E-state index contributed by atoms with van der Waals surface area (Å²) in [5, 5.41) is 14.1. The van der Waals surface area contributed by atoms with Crippen LogP contribution in [0, 0.1) is 0 Å². The van der Waals surface area contributed by atoms with Gasteiger partial charge in [-0.2, -0.15) is 0 Å². The van der Waals surface area contributed by atoms with E-state index in [0.29, 0.717) is 23.9 Å². The normalized spacial score (nSPS) is 13.9. The summed E-state index contributed by atoms with van der Waals surface area (Å²) in [6.07, 6.45) is 76.4. The molecule has 0 radical (unpaired) electrons. The van der Waals surface area contributed by atoms with Crippen LogP contribution in [-0.2, 0) is 18.4 Å². The van der Waals surface area contributed by atoms with Gasteiger partial charge in [0.15, 0.2) is 0 Å². The Bertz CT molecular complexity index is 1330. The highest BCUT2D eigenvalue weighted by molar-refractivity contribution is 7.45. The third-order valence-electron chi connectivity index (χ3n) is 15.4. The molecule has 0 bridgehead atoms. The van der Waals surface area contributed by atoms with E-state index in [0.717, 1.165) is 64.2 Å². The number of likely N-dealkylation sites (N-methyl/N-ethyl adjacent to an activating group) is 1. The molecule has 0 fully saturated rings. The number of allylic oxidation sites excluding steroid dienone is 6. The van der Waals surface area contributed by atoms with Crippen molar-refractivity contribution in [3.8, 4) is 0 Å². The zero-order valence-corrected chi connectivity index (χ0v) is 52.4. The van der Waals surface area contributed by atoms with Crippen LogP contribution in [0.4, 0.5) is 0 Å². The highest BCUT2D eigenvalue weighted by atomic mass is 31.2. The molecule has 3 unspecified atom stereocenters. The van der Waals surface area contributed by atoms with E-state index < -0.39 is 20.0 Å². The molecule has 3 atom stereocenters. The standard InChI is InChI=1S/C67H131N2O6P/c1-6-8-10-12-14-16-18-20-22-24-26-28-29-30-31-32-33-34-35-36-37-38-39-41-42-44-46-48-50-52-54-56-58-60-66(70)65(64-75-76(72,73)74-63-62-69(3,4)5)68-67(71)61-59-57-55-53-51-49-47-45-43-40-27-25-23-21-19-17-15-13-11-9-7-2/h19,21,25,27,43,45,65-66,70H,6-18,20,22-24,26,28-42,44,46-64H2,1-5H3,(H-,68,71,72,73)/b21-19-,27-25-,45-43-. The van der Waals surface area contributed by atoms with Gasteiger partial charge in [-0.3, -0.25) is 9.36 Å². The van der Waals surface area contributed by atoms with E-state index >= 15 is 0 Å². The summed E-state index contributed by atoms with van der Waals surface area (Å²) in [5.74, 6) is -0.173. The number of carbonyl (C=O) groups is 1. The van der Waals surface area contributed by atoms with Gasteiger partial charge in [0, 0.05) is 6.42 Å². The maximum absolute atomic E-state index is 13.0. The maximum Gasteiger partial charge on any atom is 0.268 e. The lowest BCUT2D eigenvalue weighted by Crippen LogP contribution is -2.46. The minimum absolute atomic E-state index is 0.00944. The van der Waals surface area contributed by atoms with E-state index in [2.05, 4.69) is 55.6 Å². The van der Waals surface area contributed by atoms with E-state index in [1.54, 1.807) is 0 Å². The number of aliphatic hydroxyl groups is 1. The van der Waals surface area contributed by atoms with Gasteiger partial charge in [0.1, 0.15) is 13.2 Å². The molecule has 0 aromatic heterocycles. The Morgan fingerprint density at radius 2 is 0.763 bits per heavy atom. The minimum Gasteiger partial charge on any atom is -0.756 e. The van der Waals surface area contributed by atoms with Gasteiger partial charge in [-0.25, -0.2) is 0 Å². The lowest BCUT2D eigenvalue weighted by molar-refractivity contribution is -0.870. The highest BCUT2D eigenvalue weighted by Crippen LogP contribution is 2.38. The van der Waals surface area contributed by atoms with Crippen LogP contribution in [0.15, 0.2) is 36.5 Å². The molecule has 0 aromatic rings. The van der Waals surface area contributed by atoms with Crippen molar-refractivity contribution in [2.75, 3.05) is 40.9 Å². The molecule has 0 aromatic carbocycles. The number of hydrogen-bond donors (Lipinski definition) is 2. The molecule has 0 aliphatic rings. The van der Waals surface area contributed by atoms with Gasteiger partial charge in [-0.1, -0.05) is 314 Å². The Balaban J connectivity index is 4.03. The predicted molar refractivity (Wildman–Crippen MR) is 330 cm³/mol. The number of carbonyl (C=O) groups excluding carboxylic acids is 1. The summed E-state index contributed by atoms with van der Waals surface area (Å²) >= 11 is 0. The van der Waals surface area contributed by atoms with Gasteiger partial charge in [0.05, 0.1) is 39.9 Å². The molecule has 0 spiro atoms. The highest BCUT2D eigenvalue weighted by Gasteiger charge is 2.24. The summed E-state index contributed by atoms with van der Waals surface area (Å²) < 4.78 is 23.5. The monoisotopic (exact) mass is 1090 g/mol. The van der Waals surface area contributed by atoms with Crippen molar-refractivity contribution in [2.45, 2.75) is 347 Å². The number of phosphoric acid groups is 1. The quantitative estimate of drug-likeness (QED) is 0.0272. The zero-order valence-electron chi connectivity index (χ0n) is 51.5. The number of unbranched alkanes of at least 4 members (excludes halogenated alkanes) is 43. The van der Waals surface area contributed by atoms with Crippen molar-refractivity contribution in [3.63, 3.8) is 0 Å². The molecule has 2 N–H and O–H groups in total. The van der Waals surface area contributed by atoms with Gasteiger partial charge >= 0.3 is 0 Å². The lowest BCUT2D eigenvalue weighted by atomic mass is 10.0. The molecule has 0 rings (SSSR count). The maximum atomic E-state index is 13.0. The third kappa shape index (κ3) is 60.4. The SMILES string of the molecule is CCCCCCC/C=C\C/C=C\C/C=C\CCCCCCCCC(=O)NC(COP(=O)([O-])OCC[N+](C)(C)C)C(O)CCCCCCCCCCCCCCCCCCCCCCCCCCCCCCCCCCC. The Morgan fingerprint density at radius 1 is 0.461 bits per heavy atom. The van der Waals surface area contributed by atoms with Crippen molar-refractivity contribution in [3.05, 3.63) is 36.5 Å². The molecule has 0 saturated heterocycles. The molecular weight excluding hydrogens is 960 g/mol. The van der Waals surface area contributed by atoms with Gasteiger partial charge in [-0.05, 0) is 51.4 Å². The van der Waals surface area contributed by atoms with Crippen LogP contribution in [0.3, 0.4) is 0 Å². The number of nitrogens with one attached hydrogen (secondary N) is 1. The molecule has 1 amide bonds. The molecule has 0 aliphatic carbocycles. The first-order valence-corrected chi connectivity index (χ1v) is 34.8. The summed E-state index contributed by atoms with van der Waals surface area (Å²) in [7, 11) is 1.30. The molecule has 450 valence electrons. The molecule has 0 heterocycles. The fourth-order valence-corrected chi connectivity index (χ4v) is 10.9. The first-order chi connectivity index (χ1) is 37.0. The average Bonchev–Trinajstić information content (AvgIpc) is 3.38. The Morgan fingerprint density at radius 3 is 1.11 bits per heavy atom. The smallest absolute Gasteiger partial charge is 0.268 e. The van der Waals surface area contributed by atoms with Gasteiger partial charge in [0.2, 0.25) is 5.91 Å². The molecule has 0 aliphatic heterocycles. The van der Waals surface area contributed by atoms with Crippen molar-refractivity contribution < 1.29 is 32.9 Å². The number of aliphatic hydroxyl groups excluding tert-OH is 1. The van der Waals surface area contributed by atoms with E-state index in [1.807, 2.05) is 21.1 Å². The zero-order chi connectivity index (χ0) is 55.6. The van der Waals surface area contributed by atoms with E-state index in [4.69, 9.17) is 9.05 Å². The molecular formula is C67H131N2O6P. The molecule has 76 heavy (non-hydrogen) atoms. The molecule has 0 saturated carbocycles. The Labute approximate surface area is 474 Å². The van der Waals surface area contributed by atoms with E-state index in [-0.39, 0.29) is 19.1 Å². The number of amides is 1. The van der Waals surface area contributed by atoms with E-state index in [9.17, 15) is 19.4 Å². The van der Waals surface area contributed by atoms with Gasteiger partial charge < -0.3 is 28.8 Å². The van der Waals surface area contributed by atoms with Crippen LogP contribution in [0.25, 0.3) is 0 Å². The van der Waals surface area contributed by atoms with Crippen LogP contribution in [0.1, 0.15) is 335 Å². The van der Waals surface area contributed by atoms with Crippen LogP contribution < -0.4 is 10.2 Å². The Kier molecular flexibility index (Phi) is 57.4. The number of nitrogens with zero attached hydrogens (tertiary/aromatic N) is 1. The van der Waals surface area contributed by atoms with E-state index in [1.165, 1.54) is 244 Å². The largest absolute Gasteiger partial charge is 0.756 e. The average molecular weight is 1090 g/mol. The summed E-state index contributed by atoms with van der Waals surface area (Å²) in [5.41, 5.74) is 0. The predicted octanol–water partition coefficient (Wildman–Crippen LogP) is 20.3. The van der Waals surface area contributed by atoms with Crippen LogP contribution >= 0.6 is 7.82 Å². The van der Waals surface area contributed by atoms with Crippen LogP contribution in [-0.4, -0.2) is 68.5 Å². The summed E-state index contributed by atoms with van der Waals surface area (Å²) in [6, 6.07) is -0.810. The molecule has 8 nitrogen and oxygen atoms in total. The Hall–Kier alpha value is -1.28. The fourth-order valence-electron chi connectivity index (χ4n) is 10.2. The minimum atomic E-state index is -4.58. The first-order valence-electron chi connectivity index (χ1n) is 33.3. The van der Waals surface area contributed by atoms with Gasteiger partial charge in [0.25, 0.3) is 7.82 Å². The first kappa shape index (κ1) is 74.7. The van der Waals surface area contributed by atoms with Crippen LogP contribution in [0.5, 0.6) is 0 Å². The van der Waals surface area contributed by atoms with Crippen molar-refractivity contribution in [1.82, 2.24) is 5.32 Å². The second-order valence-electron chi connectivity index (χ2n) is 24.2. The summed E-state index contributed by atoms with van der Waals surface area (Å²) in [4.78, 5) is 25.6. The lowest BCUT2D eigenvalue weighted by Gasteiger charge is -2.30. The van der Waals surface area contributed by atoms with Crippen LogP contribution in [0.2, 0.25) is 0 Å². The topological polar surface area (TPSA) is 108 Å². The number of rotatable bonds is 62.